The summed E-state index contributed by atoms with van der Waals surface area (Å²) >= 11 is 4.75. The van der Waals surface area contributed by atoms with Gasteiger partial charge in [-0.1, -0.05) is 12.2 Å². The molecule has 2 nitrogen and oxygen atoms in total. The van der Waals surface area contributed by atoms with E-state index in [0.29, 0.717) is 11.1 Å². The lowest BCUT2D eigenvalue weighted by Crippen LogP contribution is -2.12. The molecule has 1 heterocycles. The van der Waals surface area contributed by atoms with Crippen molar-refractivity contribution in [3.8, 4) is 0 Å². The summed E-state index contributed by atoms with van der Waals surface area (Å²) in [5, 5.41) is 0. The minimum atomic E-state index is 0.432. The molecule has 1 unspecified atom stereocenters. The van der Waals surface area contributed by atoms with Crippen LogP contribution in [0.15, 0.2) is 0 Å². The number of hydrogen-bond acceptors (Lipinski definition) is 2. The molecule has 1 fully saturated rings. The molecule has 0 amide bonds. The summed E-state index contributed by atoms with van der Waals surface area (Å²) in [6.07, 6.45) is 4.65. The second-order valence-electron chi connectivity index (χ2n) is 2.64. The Bertz CT molecular complexity index is 121. The van der Waals surface area contributed by atoms with Gasteiger partial charge in [0.1, 0.15) is 0 Å². The van der Waals surface area contributed by atoms with Gasteiger partial charge in [0, 0.05) is 6.61 Å². The lowest BCUT2D eigenvalue weighted by Gasteiger charge is -2.06. The van der Waals surface area contributed by atoms with E-state index in [1.807, 2.05) is 0 Å². The van der Waals surface area contributed by atoms with Crippen LogP contribution in [-0.4, -0.2) is 17.7 Å². The Labute approximate surface area is 66.7 Å². The monoisotopic (exact) mass is 159 g/mol. The summed E-state index contributed by atoms with van der Waals surface area (Å²) in [5.74, 6) is 0. The van der Waals surface area contributed by atoms with Crippen LogP contribution in [0.1, 0.15) is 25.7 Å². The molecule has 0 saturated carbocycles. The molecule has 0 aromatic heterocycles. The zero-order valence-electron chi connectivity index (χ0n) is 6.01. The normalized spacial score (nSPS) is 25.0. The van der Waals surface area contributed by atoms with E-state index in [1.54, 1.807) is 0 Å². The third-order valence-corrected chi connectivity index (χ3v) is 1.94. The van der Waals surface area contributed by atoms with E-state index in [4.69, 9.17) is 22.7 Å². The van der Waals surface area contributed by atoms with Crippen LogP contribution in [0.25, 0.3) is 0 Å². The minimum Gasteiger partial charge on any atom is -0.393 e. The van der Waals surface area contributed by atoms with Crippen LogP contribution in [-0.2, 0) is 4.74 Å². The van der Waals surface area contributed by atoms with Gasteiger partial charge in [0.05, 0.1) is 11.1 Å². The summed E-state index contributed by atoms with van der Waals surface area (Å²) in [6, 6.07) is 0. The maximum Gasteiger partial charge on any atom is 0.0728 e. The quantitative estimate of drug-likeness (QED) is 0.629. The van der Waals surface area contributed by atoms with Crippen LogP contribution in [0, 0.1) is 0 Å². The first-order valence-corrected chi connectivity index (χ1v) is 4.10. The van der Waals surface area contributed by atoms with Crippen LogP contribution in [0.3, 0.4) is 0 Å². The molecular weight excluding hydrogens is 146 g/mol. The topological polar surface area (TPSA) is 35.2 Å². The molecule has 1 rings (SSSR count). The van der Waals surface area contributed by atoms with Gasteiger partial charge in [-0.2, -0.15) is 0 Å². The van der Waals surface area contributed by atoms with Gasteiger partial charge in [-0.15, -0.1) is 0 Å². The third-order valence-electron chi connectivity index (χ3n) is 1.74. The predicted octanol–water partition coefficient (Wildman–Crippen LogP) is 1.23. The number of hydrogen-bond donors (Lipinski definition) is 1. The van der Waals surface area contributed by atoms with Crippen molar-refractivity contribution in [2.45, 2.75) is 31.8 Å². The van der Waals surface area contributed by atoms with Gasteiger partial charge in [0.15, 0.2) is 0 Å². The second-order valence-corrected chi connectivity index (χ2v) is 3.16. The lowest BCUT2D eigenvalue weighted by atomic mass is 10.1. The maximum atomic E-state index is 5.39. The smallest absolute Gasteiger partial charge is 0.0728 e. The molecule has 0 radical (unpaired) electrons. The van der Waals surface area contributed by atoms with Gasteiger partial charge in [0.25, 0.3) is 0 Å². The molecule has 2 N–H and O–H groups in total. The van der Waals surface area contributed by atoms with Gasteiger partial charge in [-0.25, -0.2) is 0 Å². The number of thiocarbonyl (C=S) groups is 1. The van der Waals surface area contributed by atoms with Crippen molar-refractivity contribution in [1.29, 1.82) is 0 Å². The fourth-order valence-corrected chi connectivity index (χ4v) is 1.29. The van der Waals surface area contributed by atoms with Crippen molar-refractivity contribution in [2.75, 3.05) is 6.61 Å². The molecule has 0 aromatic carbocycles. The van der Waals surface area contributed by atoms with Crippen LogP contribution in [0.4, 0.5) is 0 Å². The standard InChI is InChI=1S/C7H13NOS/c8-7(10)4-3-6-2-1-5-9-6/h6H,1-5H2,(H2,8,10). The predicted molar refractivity (Wildman–Crippen MR) is 45.0 cm³/mol. The minimum absolute atomic E-state index is 0.432. The lowest BCUT2D eigenvalue weighted by molar-refractivity contribution is 0.106. The Kier molecular flexibility index (Phi) is 3.09. The van der Waals surface area contributed by atoms with E-state index in [1.165, 1.54) is 12.8 Å². The molecule has 0 bridgehead atoms. The van der Waals surface area contributed by atoms with Gasteiger partial charge < -0.3 is 10.5 Å². The van der Waals surface area contributed by atoms with Crippen molar-refractivity contribution in [3.05, 3.63) is 0 Å². The Balaban J connectivity index is 2.07. The van der Waals surface area contributed by atoms with Crippen LogP contribution in [0.2, 0.25) is 0 Å². The van der Waals surface area contributed by atoms with Crippen molar-refractivity contribution in [3.63, 3.8) is 0 Å². The van der Waals surface area contributed by atoms with Crippen LogP contribution in [0.5, 0.6) is 0 Å². The largest absolute Gasteiger partial charge is 0.393 e. The van der Waals surface area contributed by atoms with Crippen molar-refractivity contribution >= 4 is 17.2 Å². The highest BCUT2D eigenvalue weighted by Gasteiger charge is 2.14. The second kappa shape index (κ2) is 3.88. The van der Waals surface area contributed by atoms with Crippen molar-refractivity contribution in [2.24, 2.45) is 5.73 Å². The van der Waals surface area contributed by atoms with Crippen molar-refractivity contribution in [1.82, 2.24) is 0 Å². The number of rotatable bonds is 3. The van der Waals surface area contributed by atoms with E-state index in [0.717, 1.165) is 19.4 Å². The Morgan fingerprint density at radius 1 is 1.70 bits per heavy atom. The molecule has 3 heteroatoms. The van der Waals surface area contributed by atoms with Crippen molar-refractivity contribution < 1.29 is 4.74 Å². The summed E-state index contributed by atoms with van der Waals surface area (Å²) < 4.78 is 5.39. The Morgan fingerprint density at radius 3 is 3.00 bits per heavy atom. The first-order valence-electron chi connectivity index (χ1n) is 3.69. The zero-order chi connectivity index (χ0) is 7.40. The molecule has 0 aromatic rings. The molecule has 1 aliphatic heterocycles. The molecule has 58 valence electrons. The third kappa shape index (κ3) is 2.62. The van der Waals surface area contributed by atoms with Crippen LogP contribution < -0.4 is 5.73 Å². The number of ether oxygens (including phenoxy) is 1. The Hall–Kier alpha value is -0.150. The molecular formula is C7H13NOS. The molecule has 1 aliphatic rings. The molecule has 0 spiro atoms. The van der Waals surface area contributed by atoms with E-state index >= 15 is 0 Å². The highest BCUT2D eigenvalue weighted by molar-refractivity contribution is 7.80. The summed E-state index contributed by atoms with van der Waals surface area (Å²) in [7, 11) is 0. The highest BCUT2D eigenvalue weighted by Crippen LogP contribution is 2.16. The summed E-state index contributed by atoms with van der Waals surface area (Å²) in [4.78, 5) is 0.607. The first-order chi connectivity index (χ1) is 4.79. The first kappa shape index (κ1) is 7.95. The summed E-state index contributed by atoms with van der Waals surface area (Å²) in [6.45, 7) is 0.919. The molecule has 10 heavy (non-hydrogen) atoms. The van der Waals surface area contributed by atoms with Gasteiger partial charge in [-0.05, 0) is 25.7 Å². The molecule has 1 saturated heterocycles. The number of nitrogens with two attached hydrogens (primary N) is 1. The fraction of sp³-hybridized carbons (Fsp3) is 0.857. The van der Waals surface area contributed by atoms with Gasteiger partial charge in [-0.3, -0.25) is 0 Å². The summed E-state index contributed by atoms with van der Waals surface area (Å²) in [5.41, 5.74) is 5.35. The highest BCUT2D eigenvalue weighted by atomic mass is 32.1. The fourth-order valence-electron chi connectivity index (χ4n) is 1.18. The van der Waals surface area contributed by atoms with E-state index < -0.39 is 0 Å². The SMILES string of the molecule is NC(=S)CCC1CCCO1. The van der Waals surface area contributed by atoms with Gasteiger partial charge >= 0.3 is 0 Å². The van der Waals surface area contributed by atoms with E-state index in [2.05, 4.69) is 0 Å². The van der Waals surface area contributed by atoms with E-state index in [-0.39, 0.29) is 0 Å². The average molecular weight is 159 g/mol. The molecule has 1 atom stereocenters. The maximum absolute atomic E-state index is 5.39. The van der Waals surface area contributed by atoms with Crippen LogP contribution >= 0.6 is 12.2 Å². The Morgan fingerprint density at radius 2 is 2.50 bits per heavy atom. The zero-order valence-corrected chi connectivity index (χ0v) is 6.82. The van der Waals surface area contributed by atoms with E-state index in [9.17, 15) is 0 Å². The average Bonchev–Trinajstić information content (AvgIpc) is 2.34. The molecule has 0 aliphatic carbocycles. The van der Waals surface area contributed by atoms with Gasteiger partial charge in [0.2, 0.25) is 0 Å².